The molecule has 1 aromatic carbocycles. The second-order valence-electron chi connectivity index (χ2n) is 5.70. The highest BCUT2D eigenvalue weighted by atomic mass is 16.5. The quantitative estimate of drug-likeness (QED) is 0.864. The van der Waals surface area contributed by atoms with E-state index in [1.807, 2.05) is 24.3 Å². The van der Waals surface area contributed by atoms with Gasteiger partial charge in [-0.15, -0.1) is 0 Å². The van der Waals surface area contributed by atoms with E-state index in [1.165, 1.54) is 6.42 Å². The molecule has 1 aromatic rings. The van der Waals surface area contributed by atoms with E-state index in [1.54, 1.807) is 14.0 Å². The maximum atomic E-state index is 11.8. The number of hydrogen-bond donors (Lipinski definition) is 2. The van der Waals surface area contributed by atoms with Crippen LogP contribution in [0.4, 0.5) is 5.69 Å². The Bertz CT molecular complexity index is 451. The minimum atomic E-state index is -0.908. The first-order valence-corrected chi connectivity index (χ1v) is 7.22. The molecule has 1 saturated carbocycles. The summed E-state index contributed by atoms with van der Waals surface area (Å²) >= 11 is 0. The number of ether oxygens (including phenoxy) is 1. The summed E-state index contributed by atoms with van der Waals surface area (Å²) in [6, 6.07) is 7.41. The van der Waals surface area contributed by atoms with Crippen LogP contribution in [-0.4, -0.2) is 23.7 Å². The molecular formula is C16H23NO3. The SMILES string of the molecule is COc1ccc(NC(C)(C(=O)O)C2CCCCC2)cc1. The average molecular weight is 277 g/mol. The van der Waals surface area contributed by atoms with Crippen LogP contribution in [0, 0.1) is 5.92 Å². The van der Waals surface area contributed by atoms with Gasteiger partial charge >= 0.3 is 5.97 Å². The first-order chi connectivity index (χ1) is 9.56. The zero-order valence-corrected chi connectivity index (χ0v) is 12.2. The number of hydrogen-bond acceptors (Lipinski definition) is 3. The van der Waals surface area contributed by atoms with E-state index >= 15 is 0 Å². The maximum absolute atomic E-state index is 11.8. The van der Waals surface area contributed by atoms with Crippen molar-refractivity contribution < 1.29 is 14.6 Å². The molecule has 2 rings (SSSR count). The van der Waals surface area contributed by atoms with Crippen molar-refractivity contribution >= 4 is 11.7 Å². The number of anilines is 1. The predicted octanol–water partition coefficient (Wildman–Crippen LogP) is 3.53. The molecule has 1 aliphatic carbocycles. The van der Waals surface area contributed by atoms with Gasteiger partial charge in [-0.25, -0.2) is 4.79 Å². The molecule has 0 radical (unpaired) electrons. The van der Waals surface area contributed by atoms with Crippen LogP contribution in [0.3, 0.4) is 0 Å². The van der Waals surface area contributed by atoms with Crippen LogP contribution in [0.1, 0.15) is 39.0 Å². The number of rotatable bonds is 5. The van der Waals surface area contributed by atoms with E-state index in [4.69, 9.17) is 4.74 Å². The monoisotopic (exact) mass is 277 g/mol. The molecule has 4 heteroatoms. The summed E-state index contributed by atoms with van der Waals surface area (Å²) in [5.41, 5.74) is -0.0871. The van der Waals surface area contributed by atoms with Crippen LogP contribution in [-0.2, 0) is 4.79 Å². The van der Waals surface area contributed by atoms with Gasteiger partial charge in [-0.3, -0.25) is 0 Å². The number of nitrogens with one attached hydrogen (secondary N) is 1. The lowest BCUT2D eigenvalue weighted by atomic mass is 9.75. The van der Waals surface area contributed by atoms with Crippen LogP contribution in [0.15, 0.2) is 24.3 Å². The van der Waals surface area contributed by atoms with Gasteiger partial charge in [-0.05, 0) is 49.9 Å². The standard InChI is InChI=1S/C16H23NO3/c1-16(15(18)19,12-6-4-3-5-7-12)17-13-8-10-14(20-2)11-9-13/h8-12,17H,3-7H2,1-2H3,(H,18,19). The van der Waals surface area contributed by atoms with Gasteiger partial charge in [0.1, 0.15) is 11.3 Å². The van der Waals surface area contributed by atoms with Crippen molar-refractivity contribution in [2.45, 2.75) is 44.6 Å². The topological polar surface area (TPSA) is 58.6 Å². The van der Waals surface area contributed by atoms with E-state index in [0.29, 0.717) is 0 Å². The summed E-state index contributed by atoms with van der Waals surface area (Å²) in [4.78, 5) is 11.8. The first-order valence-electron chi connectivity index (χ1n) is 7.22. The normalized spacial score (nSPS) is 19.1. The van der Waals surface area contributed by atoms with Gasteiger partial charge in [0, 0.05) is 5.69 Å². The lowest BCUT2D eigenvalue weighted by Gasteiger charge is -2.37. The van der Waals surface area contributed by atoms with Crippen LogP contribution in [0.25, 0.3) is 0 Å². The van der Waals surface area contributed by atoms with Gasteiger partial charge in [0.25, 0.3) is 0 Å². The Kier molecular flexibility index (Phi) is 4.53. The van der Waals surface area contributed by atoms with Gasteiger partial charge in [-0.2, -0.15) is 0 Å². The van der Waals surface area contributed by atoms with Crippen LogP contribution in [0.5, 0.6) is 5.75 Å². The molecule has 20 heavy (non-hydrogen) atoms. The zero-order valence-electron chi connectivity index (χ0n) is 12.2. The molecule has 2 N–H and O–H groups in total. The van der Waals surface area contributed by atoms with Gasteiger partial charge in [0.2, 0.25) is 0 Å². The van der Waals surface area contributed by atoms with Crippen molar-refractivity contribution in [3.63, 3.8) is 0 Å². The Morgan fingerprint density at radius 3 is 2.35 bits per heavy atom. The average Bonchev–Trinajstić information content (AvgIpc) is 2.48. The third-order valence-electron chi connectivity index (χ3n) is 4.36. The van der Waals surface area contributed by atoms with Crippen LogP contribution in [0.2, 0.25) is 0 Å². The number of benzene rings is 1. The van der Waals surface area contributed by atoms with Crippen molar-refractivity contribution in [2.75, 3.05) is 12.4 Å². The largest absolute Gasteiger partial charge is 0.497 e. The summed E-state index contributed by atoms with van der Waals surface area (Å²) in [6.45, 7) is 1.80. The van der Waals surface area contributed by atoms with Crippen LogP contribution < -0.4 is 10.1 Å². The van der Waals surface area contributed by atoms with Gasteiger partial charge in [0.15, 0.2) is 0 Å². The fourth-order valence-electron chi connectivity index (χ4n) is 2.98. The van der Waals surface area contributed by atoms with Crippen molar-refractivity contribution in [2.24, 2.45) is 5.92 Å². The summed E-state index contributed by atoms with van der Waals surface area (Å²) in [6.07, 6.45) is 5.42. The Balaban J connectivity index is 2.16. The molecule has 1 fully saturated rings. The predicted molar refractivity (Wildman–Crippen MR) is 79.2 cm³/mol. The Morgan fingerprint density at radius 1 is 1.25 bits per heavy atom. The minimum absolute atomic E-state index is 0.177. The van der Waals surface area contributed by atoms with Crippen molar-refractivity contribution in [3.05, 3.63) is 24.3 Å². The molecule has 0 aliphatic heterocycles. The van der Waals surface area contributed by atoms with Crippen molar-refractivity contribution in [1.29, 1.82) is 0 Å². The summed E-state index contributed by atoms with van der Waals surface area (Å²) in [5.74, 6) is 0.168. The van der Waals surface area contributed by atoms with Crippen molar-refractivity contribution in [3.8, 4) is 5.75 Å². The Morgan fingerprint density at radius 2 is 1.85 bits per heavy atom. The van der Waals surface area contributed by atoms with Gasteiger partial charge in [0.05, 0.1) is 7.11 Å². The fourth-order valence-corrected chi connectivity index (χ4v) is 2.98. The lowest BCUT2D eigenvalue weighted by Crippen LogP contribution is -2.50. The fraction of sp³-hybridized carbons (Fsp3) is 0.562. The Hall–Kier alpha value is -1.71. The number of aliphatic carboxylic acids is 1. The van der Waals surface area contributed by atoms with E-state index in [2.05, 4.69) is 5.32 Å². The molecule has 0 saturated heterocycles. The molecule has 4 nitrogen and oxygen atoms in total. The highest BCUT2D eigenvalue weighted by molar-refractivity contribution is 5.82. The third kappa shape index (κ3) is 3.06. The second-order valence-corrected chi connectivity index (χ2v) is 5.70. The molecule has 0 bridgehead atoms. The highest BCUT2D eigenvalue weighted by Crippen LogP contribution is 2.35. The maximum Gasteiger partial charge on any atom is 0.329 e. The summed E-state index contributed by atoms with van der Waals surface area (Å²) in [7, 11) is 1.62. The number of carboxylic acid groups (broad SMARTS) is 1. The van der Waals surface area contributed by atoms with Gasteiger partial charge in [-0.1, -0.05) is 19.3 Å². The molecule has 110 valence electrons. The van der Waals surface area contributed by atoms with E-state index in [9.17, 15) is 9.90 Å². The molecule has 1 aliphatic rings. The van der Waals surface area contributed by atoms with Gasteiger partial charge < -0.3 is 15.2 Å². The minimum Gasteiger partial charge on any atom is -0.497 e. The molecule has 0 spiro atoms. The molecule has 0 amide bonds. The Labute approximate surface area is 120 Å². The zero-order chi connectivity index (χ0) is 14.6. The van der Waals surface area contributed by atoms with Crippen molar-refractivity contribution in [1.82, 2.24) is 0 Å². The molecule has 0 heterocycles. The summed E-state index contributed by atoms with van der Waals surface area (Å²) < 4.78 is 5.12. The third-order valence-corrected chi connectivity index (χ3v) is 4.36. The van der Waals surface area contributed by atoms with E-state index < -0.39 is 11.5 Å². The number of carboxylic acids is 1. The second kappa shape index (κ2) is 6.16. The van der Waals surface area contributed by atoms with E-state index in [-0.39, 0.29) is 5.92 Å². The smallest absolute Gasteiger partial charge is 0.329 e. The molecule has 1 atom stereocenters. The van der Waals surface area contributed by atoms with Crippen LogP contribution >= 0.6 is 0 Å². The summed E-state index contributed by atoms with van der Waals surface area (Å²) in [5, 5.41) is 12.9. The number of carbonyl (C=O) groups is 1. The molecular weight excluding hydrogens is 254 g/mol. The number of methoxy groups -OCH3 is 1. The van der Waals surface area contributed by atoms with E-state index in [0.717, 1.165) is 37.1 Å². The molecule has 1 unspecified atom stereocenters. The molecule has 0 aromatic heterocycles. The highest BCUT2D eigenvalue weighted by Gasteiger charge is 2.41. The lowest BCUT2D eigenvalue weighted by molar-refractivity contribution is -0.144. The first kappa shape index (κ1) is 14.7.